The van der Waals surface area contributed by atoms with Gasteiger partial charge in [0.15, 0.2) is 0 Å². The lowest BCUT2D eigenvalue weighted by Crippen LogP contribution is -2.35. The van der Waals surface area contributed by atoms with E-state index in [4.69, 9.17) is 4.42 Å². The van der Waals surface area contributed by atoms with Crippen LogP contribution in [0.2, 0.25) is 0 Å². The molecule has 1 aromatic rings. The molecule has 1 aromatic heterocycles. The van der Waals surface area contributed by atoms with Crippen molar-refractivity contribution in [2.45, 2.75) is 32.7 Å². The zero-order chi connectivity index (χ0) is 12.8. The average Bonchev–Trinajstić information content (AvgIpc) is 2.90. The van der Waals surface area contributed by atoms with Gasteiger partial charge in [-0.15, -0.1) is 0 Å². The number of carbonyl (C=O) groups is 1. The minimum Gasteiger partial charge on any atom is -0.467 e. The van der Waals surface area contributed by atoms with E-state index in [1.807, 2.05) is 12.1 Å². The van der Waals surface area contributed by atoms with Gasteiger partial charge in [0.25, 0.3) is 0 Å². The third kappa shape index (κ3) is 3.88. The van der Waals surface area contributed by atoms with E-state index in [0.717, 1.165) is 18.8 Å². The highest BCUT2D eigenvalue weighted by molar-refractivity contribution is 5.76. The quantitative estimate of drug-likeness (QED) is 0.839. The Morgan fingerprint density at radius 3 is 3.22 bits per heavy atom. The van der Waals surface area contributed by atoms with Gasteiger partial charge in [0.05, 0.1) is 12.8 Å². The van der Waals surface area contributed by atoms with E-state index in [-0.39, 0.29) is 5.91 Å². The fraction of sp³-hybridized carbons (Fsp3) is 0.643. The zero-order valence-corrected chi connectivity index (χ0v) is 10.9. The average molecular weight is 250 g/mol. The lowest BCUT2D eigenvalue weighted by atomic mass is 9.85. The molecule has 2 atom stereocenters. The highest BCUT2D eigenvalue weighted by Crippen LogP contribution is 2.22. The Labute approximate surface area is 108 Å². The first kappa shape index (κ1) is 13.1. The van der Waals surface area contributed by atoms with E-state index in [2.05, 4.69) is 17.6 Å². The van der Waals surface area contributed by atoms with Crippen LogP contribution in [0.3, 0.4) is 0 Å². The number of rotatable bonds is 5. The molecule has 2 N–H and O–H groups in total. The molecule has 0 aromatic carbocycles. The molecule has 2 rings (SSSR count). The van der Waals surface area contributed by atoms with E-state index < -0.39 is 0 Å². The number of amides is 1. The summed E-state index contributed by atoms with van der Waals surface area (Å²) >= 11 is 0. The summed E-state index contributed by atoms with van der Waals surface area (Å²) in [4.78, 5) is 11.8. The summed E-state index contributed by atoms with van der Waals surface area (Å²) in [6.07, 6.45) is 4.69. The van der Waals surface area contributed by atoms with Crippen molar-refractivity contribution in [1.29, 1.82) is 0 Å². The van der Waals surface area contributed by atoms with Gasteiger partial charge < -0.3 is 15.1 Å². The molecule has 0 spiro atoms. The number of furan rings is 1. The highest BCUT2D eigenvalue weighted by atomic mass is 16.3. The number of hydrogen-bond acceptors (Lipinski definition) is 3. The summed E-state index contributed by atoms with van der Waals surface area (Å²) in [5, 5.41) is 6.30. The first-order valence-corrected chi connectivity index (χ1v) is 6.75. The second kappa shape index (κ2) is 6.59. The maximum Gasteiger partial charge on any atom is 0.220 e. The monoisotopic (exact) mass is 250 g/mol. The Kier molecular flexibility index (Phi) is 4.81. The molecule has 0 radical (unpaired) electrons. The maximum absolute atomic E-state index is 11.8. The largest absolute Gasteiger partial charge is 0.467 e. The maximum atomic E-state index is 11.8. The van der Waals surface area contributed by atoms with Crippen molar-refractivity contribution in [2.75, 3.05) is 13.1 Å². The van der Waals surface area contributed by atoms with Crippen LogP contribution in [-0.2, 0) is 11.3 Å². The van der Waals surface area contributed by atoms with Crippen molar-refractivity contribution < 1.29 is 9.21 Å². The molecule has 4 heteroatoms. The van der Waals surface area contributed by atoms with Gasteiger partial charge in [0.1, 0.15) is 5.76 Å². The fourth-order valence-corrected chi connectivity index (χ4v) is 2.49. The summed E-state index contributed by atoms with van der Waals surface area (Å²) in [5.74, 6) is 1.99. The normalized spacial score (nSPS) is 21.5. The Morgan fingerprint density at radius 2 is 2.56 bits per heavy atom. The number of carbonyl (C=O) groups excluding carboxylic acids is 1. The highest BCUT2D eigenvalue weighted by Gasteiger charge is 2.21. The predicted molar refractivity (Wildman–Crippen MR) is 69.9 cm³/mol. The van der Waals surface area contributed by atoms with E-state index in [0.29, 0.717) is 24.8 Å². The summed E-state index contributed by atoms with van der Waals surface area (Å²) in [5.41, 5.74) is 0. The lowest BCUT2D eigenvalue weighted by molar-refractivity contribution is -0.122. The molecular weight excluding hydrogens is 228 g/mol. The van der Waals surface area contributed by atoms with Crippen LogP contribution in [0.15, 0.2) is 22.8 Å². The predicted octanol–water partition coefficient (Wildman–Crippen LogP) is 1.92. The van der Waals surface area contributed by atoms with Crippen molar-refractivity contribution in [3.05, 3.63) is 24.2 Å². The smallest absolute Gasteiger partial charge is 0.220 e. The molecule has 1 saturated heterocycles. The van der Waals surface area contributed by atoms with Crippen LogP contribution >= 0.6 is 0 Å². The molecule has 2 heterocycles. The molecule has 2 unspecified atom stereocenters. The van der Waals surface area contributed by atoms with Crippen LogP contribution < -0.4 is 10.6 Å². The van der Waals surface area contributed by atoms with Crippen molar-refractivity contribution in [3.8, 4) is 0 Å². The summed E-state index contributed by atoms with van der Waals surface area (Å²) in [7, 11) is 0. The van der Waals surface area contributed by atoms with Crippen LogP contribution in [0, 0.1) is 11.8 Å². The second-order valence-corrected chi connectivity index (χ2v) is 5.14. The summed E-state index contributed by atoms with van der Waals surface area (Å²) in [6.45, 7) is 4.83. The van der Waals surface area contributed by atoms with Gasteiger partial charge in [-0.3, -0.25) is 4.79 Å². The molecule has 0 bridgehead atoms. The van der Waals surface area contributed by atoms with Gasteiger partial charge in [-0.2, -0.15) is 0 Å². The minimum absolute atomic E-state index is 0.115. The molecule has 1 amide bonds. The molecular formula is C14H22N2O2. The molecule has 18 heavy (non-hydrogen) atoms. The molecule has 1 aliphatic heterocycles. The topological polar surface area (TPSA) is 54.3 Å². The van der Waals surface area contributed by atoms with E-state index in [1.54, 1.807) is 6.26 Å². The van der Waals surface area contributed by atoms with Gasteiger partial charge in [-0.1, -0.05) is 6.92 Å². The SMILES string of the molecule is CC(CC(=O)NCc1ccco1)C1CCCNC1. The minimum atomic E-state index is 0.115. The van der Waals surface area contributed by atoms with Crippen molar-refractivity contribution in [2.24, 2.45) is 11.8 Å². The Morgan fingerprint density at radius 1 is 1.67 bits per heavy atom. The van der Waals surface area contributed by atoms with Crippen LogP contribution in [0.4, 0.5) is 0 Å². The molecule has 0 aliphatic carbocycles. The van der Waals surface area contributed by atoms with Crippen LogP contribution in [0.5, 0.6) is 0 Å². The molecule has 1 aliphatic rings. The number of hydrogen-bond donors (Lipinski definition) is 2. The van der Waals surface area contributed by atoms with E-state index in [9.17, 15) is 4.79 Å². The van der Waals surface area contributed by atoms with Crippen molar-refractivity contribution in [3.63, 3.8) is 0 Å². The Bertz CT molecular complexity index is 356. The molecule has 0 saturated carbocycles. The second-order valence-electron chi connectivity index (χ2n) is 5.14. The molecule has 4 nitrogen and oxygen atoms in total. The first-order chi connectivity index (χ1) is 8.75. The zero-order valence-electron chi connectivity index (χ0n) is 10.9. The Balaban J connectivity index is 1.69. The first-order valence-electron chi connectivity index (χ1n) is 6.75. The Hall–Kier alpha value is -1.29. The third-order valence-electron chi connectivity index (χ3n) is 3.69. The molecule has 1 fully saturated rings. The van der Waals surface area contributed by atoms with Crippen LogP contribution in [0.1, 0.15) is 31.9 Å². The van der Waals surface area contributed by atoms with Gasteiger partial charge in [-0.05, 0) is 49.9 Å². The number of piperidine rings is 1. The van der Waals surface area contributed by atoms with Crippen molar-refractivity contribution >= 4 is 5.91 Å². The summed E-state index contributed by atoms with van der Waals surface area (Å²) < 4.78 is 5.18. The van der Waals surface area contributed by atoms with Gasteiger partial charge >= 0.3 is 0 Å². The van der Waals surface area contributed by atoms with Gasteiger partial charge in [0, 0.05) is 6.42 Å². The fourth-order valence-electron chi connectivity index (χ4n) is 2.49. The standard InChI is InChI=1S/C14H22N2O2/c1-11(12-4-2-6-15-9-12)8-14(17)16-10-13-5-3-7-18-13/h3,5,7,11-12,15H,2,4,6,8-10H2,1H3,(H,16,17). The summed E-state index contributed by atoms with van der Waals surface area (Å²) in [6, 6.07) is 3.70. The van der Waals surface area contributed by atoms with Crippen LogP contribution in [-0.4, -0.2) is 19.0 Å². The van der Waals surface area contributed by atoms with E-state index >= 15 is 0 Å². The van der Waals surface area contributed by atoms with Gasteiger partial charge in [-0.25, -0.2) is 0 Å². The third-order valence-corrected chi connectivity index (χ3v) is 3.69. The van der Waals surface area contributed by atoms with Gasteiger partial charge in [0.2, 0.25) is 5.91 Å². The van der Waals surface area contributed by atoms with E-state index in [1.165, 1.54) is 12.8 Å². The molecule has 100 valence electrons. The number of nitrogens with one attached hydrogen (secondary N) is 2. The van der Waals surface area contributed by atoms with Crippen molar-refractivity contribution in [1.82, 2.24) is 10.6 Å². The van der Waals surface area contributed by atoms with Crippen LogP contribution in [0.25, 0.3) is 0 Å². The lowest BCUT2D eigenvalue weighted by Gasteiger charge is -2.27.